The van der Waals surface area contributed by atoms with E-state index in [1.807, 2.05) is 0 Å². The van der Waals surface area contributed by atoms with Gasteiger partial charge in [-0.3, -0.25) is 0 Å². The Kier molecular flexibility index (Phi) is 4.65. The maximum Gasteiger partial charge on any atom is 0.0638 e. The largest absolute Gasteiger partial charge is 0.376 e. The topological polar surface area (TPSA) is 35.2 Å². The van der Waals surface area contributed by atoms with Gasteiger partial charge in [-0.1, -0.05) is 6.92 Å². The van der Waals surface area contributed by atoms with Crippen molar-refractivity contribution in [1.29, 1.82) is 0 Å². The zero-order valence-electron chi connectivity index (χ0n) is 7.31. The van der Waals surface area contributed by atoms with Crippen molar-refractivity contribution in [2.45, 2.75) is 39.2 Å². The molecule has 0 atom stereocenters. The van der Waals surface area contributed by atoms with E-state index in [4.69, 9.17) is 10.5 Å². The third kappa shape index (κ3) is 4.77. The van der Waals surface area contributed by atoms with Crippen molar-refractivity contribution in [3.8, 4) is 0 Å². The normalized spacial score (nSPS) is 12.0. The fraction of sp³-hybridized carbons (Fsp3) is 1.00. The van der Waals surface area contributed by atoms with Crippen molar-refractivity contribution in [3.63, 3.8) is 0 Å². The minimum atomic E-state index is -0.0231. The van der Waals surface area contributed by atoms with Crippen LogP contribution < -0.4 is 5.73 Å². The van der Waals surface area contributed by atoms with Gasteiger partial charge in [-0.2, -0.15) is 0 Å². The first-order valence-electron chi connectivity index (χ1n) is 3.96. The Morgan fingerprint density at radius 2 is 2.00 bits per heavy atom. The minimum absolute atomic E-state index is 0.0231. The van der Waals surface area contributed by atoms with E-state index in [0.29, 0.717) is 6.54 Å². The Labute approximate surface area is 63.7 Å². The van der Waals surface area contributed by atoms with Crippen LogP contribution in [0.3, 0.4) is 0 Å². The van der Waals surface area contributed by atoms with Crippen LogP contribution in [0.4, 0.5) is 0 Å². The number of hydrogen-bond donors (Lipinski definition) is 1. The molecule has 2 nitrogen and oxygen atoms in total. The van der Waals surface area contributed by atoms with Crippen molar-refractivity contribution < 1.29 is 4.74 Å². The summed E-state index contributed by atoms with van der Waals surface area (Å²) >= 11 is 0. The molecule has 0 aliphatic heterocycles. The van der Waals surface area contributed by atoms with Crippen molar-refractivity contribution in [2.75, 3.05) is 13.2 Å². The molecule has 0 aromatic heterocycles. The highest BCUT2D eigenvalue weighted by molar-refractivity contribution is 4.68. The Morgan fingerprint density at radius 3 is 2.40 bits per heavy atom. The molecule has 0 spiro atoms. The predicted molar refractivity (Wildman–Crippen MR) is 44.0 cm³/mol. The molecular weight excluding hydrogens is 126 g/mol. The highest BCUT2D eigenvalue weighted by Crippen LogP contribution is 2.12. The lowest BCUT2D eigenvalue weighted by molar-refractivity contribution is -0.0211. The quantitative estimate of drug-likeness (QED) is 0.637. The Hall–Kier alpha value is -0.0800. The first-order valence-corrected chi connectivity index (χ1v) is 3.96. The second-order valence-corrected chi connectivity index (χ2v) is 3.15. The molecule has 0 aromatic rings. The first kappa shape index (κ1) is 9.92. The van der Waals surface area contributed by atoms with E-state index in [1.165, 1.54) is 0 Å². The maximum atomic E-state index is 5.54. The van der Waals surface area contributed by atoms with Gasteiger partial charge in [-0.15, -0.1) is 0 Å². The van der Waals surface area contributed by atoms with Gasteiger partial charge in [0.1, 0.15) is 0 Å². The zero-order chi connectivity index (χ0) is 8.04. The van der Waals surface area contributed by atoms with Gasteiger partial charge in [0.25, 0.3) is 0 Å². The lowest BCUT2D eigenvalue weighted by Crippen LogP contribution is -2.28. The molecule has 0 radical (unpaired) electrons. The van der Waals surface area contributed by atoms with Crippen LogP contribution in [0.25, 0.3) is 0 Å². The van der Waals surface area contributed by atoms with E-state index in [0.717, 1.165) is 19.4 Å². The van der Waals surface area contributed by atoms with Crippen LogP contribution in [0.15, 0.2) is 0 Å². The Balaban J connectivity index is 3.42. The minimum Gasteiger partial charge on any atom is -0.376 e. The summed E-state index contributed by atoms with van der Waals surface area (Å²) in [6.07, 6.45) is 2.01. The molecule has 0 saturated carbocycles. The summed E-state index contributed by atoms with van der Waals surface area (Å²) in [6, 6.07) is 0. The molecule has 0 aliphatic rings. The molecule has 0 rings (SSSR count). The van der Waals surface area contributed by atoms with E-state index < -0.39 is 0 Å². The smallest absolute Gasteiger partial charge is 0.0638 e. The average Bonchev–Trinajstić information content (AvgIpc) is 1.84. The number of ether oxygens (including phenoxy) is 1. The van der Waals surface area contributed by atoms with Crippen molar-refractivity contribution >= 4 is 0 Å². The lowest BCUT2D eigenvalue weighted by atomic mass is 10.1. The SMILES string of the molecule is CCCOC(C)(C)CCN. The molecule has 0 amide bonds. The van der Waals surface area contributed by atoms with Crippen LogP contribution in [-0.4, -0.2) is 18.8 Å². The van der Waals surface area contributed by atoms with Gasteiger partial charge in [-0.25, -0.2) is 0 Å². The monoisotopic (exact) mass is 145 g/mol. The van der Waals surface area contributed by atoms with Crippen LogP contribution in [-0.2, 0) is 4.74 Å². The number of hydrogen-bond acceptors (Lipinski definition) is 2. The van der Waals surface area contributed by atoms with Crippen LogP contribution >= 0.6 is 0 Å². The van der Waals surface area contributed by atoms with Crippen LogP contribution in [0.2, 0.25) is 0 Å². The van der Waals surface area contributed by atoms with Crippen LogP contribution in [0.5, 0.6) is 0 Å². The van der Waals surface area contributed by atoms with Gasteiger partial charge in [-0.05, 0) is 33.2 Å². The second kappa shape index (κ2) is 4.69. The fourth-order valence-electron chi connectivity index (χ4n) is 0.798. The number of nitrogens with two attached hydrogens (primary N) is 1. The van der Waals surface area contributed by atoms with E-state index >= 15 is 0 Å². The predicted octanol–water partition coefficient (Wildman–Crippen LogP) is 1.54. The maximum absolute atomic E-state index is 5.54. The summed E-state index contributed by atoms with van der Waals surface area (Å²) in [5.41, 5.74) is 5.38. The summed E-state index contributed by atoms with van der Waals surface area (Å²) in [7, 11) is 0. The highest BCUT2D eigenvalue weighted by Gasteiger charge is 2.15. The summed E-state index contributed by atoms with van der Waals surface area (Å²) in [5.74, 6) is 0. The summed E-state index contributed by atoms with van der Waals surface area (Å²) in [5, 5.41) is 0. The van der Waals surface area contributed by atoms with Gasteiger partial charge >= 0.3 is 0 Å². The summed E-state index contributed by atoms with van der Waals surface area (Å²) in [6.45, 7) is 7.81. The highest BCUT2D eigenvalue weighted by atomic mass is 16.5. The van der Waals surface area contributed by atoms with Crippen molar-refractivity contribution in [1.82, 2.24) is 0 Å². The van der Waals surface area contributed by atoms with Gasteiger partial charge < -0.3 is 10.5 Å². The molecule has 0 saturated heterocycles. The van der Waals surface area contributed by atoms with Gasteiger partial charge in [0.2, 0.25) is 0 Å². The lowest BCUT2D eigenvalue weighted by Gasteiger charge is -2.24. The van der Waals surface area contributed by atoms with Gasteiger partial charge in [0.15, 0.2) is 0 Å². The molecule has 2 N–H and O–H groups in total. The van der Waals surface area contributed by atoms with E-state index in [-0.39, 0.29) is 5.60 Å². The molecule has 0 aromatic carbocycles. The fourth-order valence-corrected chi connectivity index (χ4v) is 0.798. The molecule has 10 heavy (non-hydrogen) atoms. The first-order chi connectivity index (χ1) is 4.62. The summed E-state index contributed by atoms with van der Waals surface area (Å²) in [4.78, 5) is 0. The second-order valence-electron chi connectivity index (χ2n) is 3.15. The van der Waals surface area contributed by atoms with E-state index in [9.17, 15) is 0 Å². The zero-order valence-corrected chi connectivity index (χ0v) is 7.31. The van der Waals surface area contributed by atoms with Crippen LogP contribution in [0, 0.1) is 0 Å². The van der Waals surface area contributed by atoms with Gasteiger partial charge in [0, 0.05) is 6.61 Å². The number of rotatable bonds is 5. The Morgan fingerprint density at radius 1 is 1.40 bits per heavy atom. The standard InChI is InChI=1S/C8H19NO/c1-4-7-10-8(2,3)5-6-9/h4-7,9H2,1-3H3. The van der Waals surface area contributed by atoms with Crippen molar-refractivity contribution in [3.05, 3.63) is 0 Å². The van der Waals surface area contributed by atoms with Crippen LogP contribution in [0.1, 0.15) is 33.6 Å². The molecule has 0 fully saturated rings. The molecule has 62 valence electrons. The molecule has 0 heterocycles. The van der Waals surface area contributed by atoms with Crippen molar-refractivity contribution in [2.24, 2.45) is 5.73 Å². The Bertz CT molecular complexity index is 81.3. The average molecular weight is 145 g/mol. The molecular formula is C8H19NO. The van der Waals surface area contributed by atoms with E-state index in [1.54, 1.807) is 0 Å². The third-order valence-electron chi connectivity index (χ3n) is 1.44. The molecule has 0 unspecified atom stereocenters. The third-order valence-corrected chi connectivity index (χ3v) is 1.44. The van der Waals surface area contributed by atoms with E-state index in [2.05, 4.69) is 20.8 Å². The summed E-state index contributed by atoms with van der Waals surface area (Å²) < 4.78 is 5.54. The molecule has 0 aliphatic carbocycles. The van der Waals surface area contributed by atoms with Gasteiger partial charge in [0.05, 0.1) is 5.60 Å². The molecule has 2 heteroatoms. The molecule has 0 bridgehead atoms.